The molecule has 20 heavy (non-hydrogen) atoms. The summed E-state index contributed by atoms with van der Waals surface area (Å²) in [5, 5.41) is 10.6. The average molecular weight is 338 g/mol. The highest BCUT2D eigenvalue weighted by atomic mass is 79.9. The lowest BCUT2D eigenvalue weighted by atomic mass is 9.88. The summed E-state index contributed by atoms with van der Waals surface area (Å²) < 4.78 is 14.7. The van der Waals surface area contributed by atoms with Crippen molar-refractivity contribution in [3.63, 3.8) is 0 Å². The molecule has 0 aliphatic carbocycles. The van der Waals surface area contributed by atoms with E-state index in [1.54, 1.807) is 18.2 Å². The van der Waals surface area contributed by atoms with Crippen molar-refractivity contribution in [2.45, 2.75) is 18.9 Å². The Hall–Kier alpha value is -1.23. The number of aryl methyl sites for hydroxylation is 1. The molecule has 4 heteroatoms. The van der Waals surface area contributed by atoms with Crippen molar-refractivity contribution in [2.24, 2.45) is 5.73 Å². The van der Waals surface area contributed by atoms with Crippen molar-refractivity contribution in [2.75, 3.05) is 6.54 Å². The third-order valence-corrected chi connectivity index (χ3v) is 4.10. The lowest BCUT2D eigenvalue weighted by molar-refractivity contribution is 0.145. The Morgan fingerprint density at radius 1 is 1.20 bits per heavy atom. The lowest BCUT2D eigenvalue weighted by Crippen LogP contribution is -2.21. The number of nitrogens with two attached hydrogens (primary N) is 1. The van der Waals surface area contributed by atoms with Gasteiger partial charge in [0.1, 0.15) is 5.82 Å². The summed E-state index contributed by atoms with van der Waals surface area (Å²) in [4.78, 5) is 0. The minimum atomic E-state index is -0.855. The highest BCUT2D eigenvalue weighted by Gasteiger charge is 2.25. The molecular formula is C16H17BrFNO. The first-order valence-electron chi connectivity index (χ1n) is 6.43. The first-order valence-corrected chi connectivity index (χ1v) is 7.22. The zero-order valence-electron chi connectivity index (χ0n) is 11.2. The van der Waals surface area contributed by atoms with E-state index in [0.717, 1.165) is 10.0 Å². The molecule has 2 unspecified atom stereocenters. The Morgan fingerprint density at radius 2 is 1.90 bits per heavy atom. The van der Waals surface area contributed by atoms with E-state index in [1.807, 2.05) is 25.1 Å². The highest BCUT2D eigenvalue weighted by Crippen LogP contribution is 2.35. The first kappa shape index (κ1) is 15.2. The summed E-state index contributed by atoms with van der Waals surface area (Å²) in [5.74, 6) is -0.819. The van der Waals surface area contributed by atoms with E-state index in [1.165, 1.54) is 6.07 Å². The van der Waals surface area contributed by atoms with Gasteiger partial charge in [-0.15, -0.1) is 0 Å². The molecule has 3 N–H and O–H groups in total. The van der Waals surface area contributed by atoms with E-state index in [2.05, 4.69) is 15.9 Å². The quantitative estimate of drug-likeness (QED) is 0.893. The lowest BCUT2D eigenvalue weighted by Gasteiger charge is -2.23. The van der Waals surface area contributed by atoms with Gasteiger partial charge >= 0.3 is 0 Å². The fourth-order valence-corrected chi connectivity index (χ4v) is 3.02. The molecule has 0 aliphatic heterocycles. The number of hydrogen-bond acceptors (Lipinski definition) is 2. The number of benzene rings is 2. The molecule has 0 aliphatic rings. The molecule has 0 radical (unpaired) electrons. The maximum atomic E-state index is 13.9. The van der Waals surface area contributed by atoms with Crippen LogP contribution < -0.4 is 5.73 Å². The Morgan fingerprint density at radius 3 is 2.50 bits per heavy atom. The van der Waals surface area contributed by atoms with Crippen LogP contribution in [-0.2, 0) is 0 Å². The van der Waals surface area contributed by atoms with E-state index in [4.69, 9.17) is 5.73 Å². The molecule has 0 bridgehead atoms. The van der Waals surface area contributed by atoms with Gasteiger partial charge in [0, 0.05) is 16.9 Å². The average Bonchev–Trinajstić information content (AvgIpc) is 2.41. The van der Waals surface area contributed by atoms with Gasteiger partial charge in [0.25, 0.3) is 0 Å². The maximum absolute atomic E-state index is 13.9. The van der Waals surface area contributed by atoms with Crippen LogP contribution in [0.25, 0.3) is 0 Å². The number of aliphatic hydroxyl groups excluding tert-OH is 1. The summed E-state index contributed by atoms with van der Waals surface area (Å²) in [7, 11) is 0. The van der Waals surface area contributed by atoms with Gasteiger partial charge in [-0.05, 0) is 35.7 Å². The summed E-state index contributed by atoms with van der Waals surface area (Å²) in [6.45, 7) is 2.14. The molecule has 0 spiro atoms. The minimum absolute atomic E-state index is 0.169. The van der Waals surface area contributed by atoms with Gasteiger partial charge in [0.2, 0.25) is 0 Å². The third-order valence-electron chi connectivity index (χ3n) is 3.41. The molecule has 2 nitrogen and oxygen atoms in total. The van der Waals surface area contributed by atoms with Gasteiger partial charge in [0.05, 0.1) is 6.10 Å². The Kier molecular flexibility index (Phi) is 4.91. The molecule has 0 saturated carbocycles. The number of rotatable bonds is 4. The van der Waals surface area contributed by atoms with Gasteiger partial charge in [0.15, 0.2) is 0 Å². The van der Waals surface area contributed by atoms with Crippen molar-refractivity contribution in [1.82, 2.24) is 0 Å². The largest absolute Gasteiger partial charge is 0.388 e. The third kappa shape index (κ3) is 3.08. The SMILES string of the molecule is Cc1ccc(C(O)C(CN)c2ccccc2F)c(Br)c1. The van der Waals surface area contributed by atoms with E-state index < -0.39 is 12.0 Å². The van der Waals surface area contributed by atoms with Crippen LogP contribution in [0.15, 0.2) is 46.9 Å². The van der Waals surface area contributed by atoms with Crippen molar-refractivity contribution in [3.05, 3.63) is 69.4 Å². The summed E-state index contributed by atoms with van der Waals surface area (Å²) >= 11 is 3.44. The molecule has 106 valence electrons. The van der Waals surface area contributed by atoms with Crippen molar-refractivity contribution in [3.8, 4) is 0 Å². The number of halogens is 2. The van der Waals surface area contributed by atoms with E-state index in [0.29, 0.717) is 11.1 Å². The van der Waals surface area contributed by atoms with Crippen LogP contribution in [0.2, 0.25) is 0 Å². The second-order valence-electron chi connectivity index (χ2n) is 4.83. The van der Waals surface area contributed by atoms with Crippen LogP contribution in [0.4, 0.5) is 4.39 Å². The first-order chi connectivity index (χ1) is 9.54. The number of aliphatic hydroxyl groups is 1. The molecular weight excluding hydrogens is 321 g/mol. The summed E-state index contributed by atoms with van der Waals surface area (Å²) in [6.07, 6.45) is -0.855. The fourth-order valence-electron chi connectivity index (χ4n) is 2.29. The monoisotopic (exact) mass is 337 g/mol. The molecule has 2 aromatic rings. The van der Waals surface area contributed by atoms with Crippen LogP contribution in [0.5, 0.6) is 0 Å². The van der Waals surface area contributed by atoms with Crippen LogP contribution in [0.1, 0.15) is 28.7 Å². The molecule has 0 amide bonds. The molecule has 0 heterocycles. The van der Waals surface area contributed by atoms with E-state index >= 15 is 0 Å². The van der Waals surface area contributed by atoms with E-state index in [-0.39, 0.29) is 12.4 Å². The molecule has 2 rings (SSSR count). The van der Waals surface area contributed by atoms with Crippen LogP contribution in [0.3, 0.4) is 0 Å². The molecule has 0 fully saturated rings. The van der Waals surface area contributed by atoms with Gasteiger partial charge in [-0.25, -0.2) is 4.39 Å². The molecule has 2 aromatic carbocycles. The normalized spacial score (nSPS) is 14.1. The smallest absolute Gasteiger partial charge is 0.126 e. The fraction of sp³-hybridized carbons (Fsp3) is 0.250. The Bertz CT molecular complexity index is 603. The molecule has 0 saturated heterocycles. The van der Waals surface area contributed by atoms with Crippen molar-refractivity contribution >= 4 is 15.9 Å². The maximum Gasteiger partial charge on any atom is 0.126 e. The summed E-state index contributed by atoms with van der Waals surface area (Å²) in [5.41, 5.74) is 7.99. The Balaban J connectivity index is 2.39. The zero-order valence-corrected chi connectivity index (χ0v) is 12.8. The van der Waals surface area contributed by atoms with Gasteiger partial charge in [-0.3, -0.25) is 0 Å². The predicted molar refractivity (Wildman–Crippen MR) is 82.0 cm³/mol. The zero-order chi connectivity index (χ0) is 14.7. The predicted octanol–water partition coefficient (Wildman–Crippen LogP) is 3.67. The van der Waals surface area contributed by atoms with Gasteiger partial charge in [-0.2, -0.15) is 0 Å². The van der Waals surface area contributed by atoms with Gasteiger partial charge < -0.3 is 10.8 Å². The highest BCUT2D eigenvalue weighted by molar-refractivity contribution is 9.10. The van der Waals surface area contributed by atoms with Crippen LogP contribution in [-0.4, -0.2) is 11.7 Å². The summed E-state index contributed by atoms with van der Waals surface area (Å²) in [6, 6.07) is 12.1. The van der Waals surface area contributed by atoms with Gasteiger partial charge in [-0.1, -0.05) is 46.3 Å². The van der Waals surface area contributed by atoms with Crippen molar-refractivity contribution in [1.29, 1.82) is 0 Å². The molecule has 2 atom stereocenters. The van der Waals surface area contributed by atoms with Crippen LogP contribution in [0, 0.1) is 12.7 Å². The number of hydrogen-bond donors (Lipinski definition) is 2. The standard InChI is InChI=1S/C16H17BrFNO/c1-10-6-7-12(14(17)8-10)16(20)13(9-19)11-4-2-3-5-15(11)18/h2-8,13,16,20H,9,19H2,1H3. The Labute approximate surface area is 126 Å². The van der Waals surface area contributed by atoms with Crippen LogP contribution >= 0.6 is 15.9 Å². The van der Waals surface area contributed by atoms with Crippen molar-refractivity contribution < 1.29 is 9.50 Å². The second-order valence-corrected chi connectivity index (χ2v) is 5.69. The minimum Gasteiger partial charge on any atom is -0.388 e. The topological polar surface area (TPSA) is 46.2 Å². The molecule has 0 aromatic heterocycles. The van der Waals surface area contributed by atoms with E-state index in [9.17, 15) is 9.50 Å². The second kappa shape index (κ2) is 6.48.